The van der Waals surface area contributed by atoms with E-state index in [2.05, 4.69) is 33.0 Å². The highest BCUT2D eigenvalue weighted by Gasteiger charge is 2.19. The fourth-order valence-electron chi connectivity index (χ4n) is 3.89. The first kappa shape index (κ1) is 21.0. The van der Waals surface area contributed by atoms with Crippen LogP contribution in [0.1, 0.15) is 15.9 Å². The normalized spacial score (nSPS) is 15.0. The number of carbonyl (C=O) groups is 1. The molecule has 31 heavy (non-hydrogen) atoms. The van der Waals surface area contributed by atoms with E-state index in [1.165, 1.54) is 5.56 Å². The Kier molecular flexibility index (Phi) is 6.92. The lowest BCUT2D eigenvalue weighted by Crippen LogP contribution is -2.47. The van der Waals surface area contributed by atoms with E-state index in [0.717, 1.165) is 50.5 Å². The molecule has 1 saturated heterocycles. The standard InChI is InChI=1S/C25H27N3O3/c29-25(30)22-10-4-5-11-23(22)31-18-17-27-13-15-28(16-14-27)19-21-9-6-12-26-24(21)20-7-2-1-3-8-20/h1-12H,13-19H2,(H,29,30). The average molecular weight is 418 g/mol. The van der Waals surface area contributed by atoms with E-state index < -0.39 is 5.97 Å². The minimum Gasteiger partial charge on any atom is -0.491 e. The SMILES string of the molecule is O=C(O)c1ccccc1OCCN1CCN(Cc2cccnc2-c2ccccc2)CC1. The number of hydrogen-bond donors (Lipinski definition) is 1. The number of aromatic nitrogens is 1. The molecule has 6 nitrogen and oxygen atoms in total. The Balaban J connectivity index is 1.27. The second kappa shape index (κ2) is 10.2. The molecule has 0 spiro atoms. The predicted octanol–water partition coefficient (Wildman–Crippen LogP) is 3.64. The molecule has 0 unspecified atom stereocenters. The summed E-state index contributed by atoms with van der Waals surface area (Å²) in [7, 11) is 0. The monoisotopic (exact) mass is 417 g/mol. The number of ether oxygens (including phenoxy) is 1. The van der Waals surface area contributed by atoms with E-state index in [9.17, 15) is 9.90 Å². The Morgan fingerprint density at radius 3 is 2.39 bits per heavy atom. The van der Waals surface area contributed by atoms with Gasteiger partial charge in [0.2, 0.25) is 0 Å². The van der Waals surface area contributed by atoms with Gasteiger partial charge in [-0.15, -0.1) is 0 Å². The average Bonchev–Trinajstić information content (AvgIpc) is 2.81. The Labute approximate surface area is 182 Å². The number of rotatable bonds is 8. The lowest BCUT2D eigenvalue weighted by molar-refractivity contribution is 0.0690. The van der Waals surface area contributed by atoms with Gasteiger partial charge in [-0.25, -0.2) is 4.79 Å². The fourth-order valence-corrected chi connectivity index (χ4v) is 3.89. The Hall–Kier alpha value is -3.22. The lowest BCUT2D eigenvalue weighted by atomic mass is 10.1. The second-order valence-corrected chi connectivity index (χ2v) is 7.64. The van der Waals surface area contributed by atoms with Crippen LogP contribution in [0.15, 0.2) is 72.9 Å². The molecule has 1 aliphatic heterocycles. The van der Waals surface area contributed by atoms with Gasteiger partial charge in [-0.3, -0.25) is 14.8 Å². The molecular formula is C25H27N3O3. The minimum atomic E-state index is -0.963. The van der Waals surface area contributed by atoms with Gasteiger partial charge in [0, 0.05) is 51.0 Å². The van der Waals surface area contributed by atoms with Crippen molar-refractivity contribution in [3.8, 4) is 17.0 Å². The number of carboxylic acid groups (broad SMARTS) is 1. The number of aromatic carboxylic acids is 1. The van der Waals surface area contributed by atoms with E-state index in [4.69, 9.17) is 4.74 Å². The number of nitrogens with zero attached hydrogens (tertiary/aromatic N) is 3. The van der Waals surface area contributed by atoms with Gasteiger partial charge in [0.15, 0.2) is 0 Å². The summed E-state index contributed by atoms with van der Waals surface area (Å²) >= 11 is 0. The van der Waals surface area contributed by atoms with E-state index in [0.29, 0.717) is 12.4 Å². The second-order valence-electron chi connectivity index (χ2n) is 7.64. The molecule has 1 aliphatic rings. The summed E-state index contributed by atoms with van der Waals surface area (Å²) < 4.78 is 5.74. The van der Waals surface area contributed by atoms with E-state index in [-0.39, 0.29) is 5.56 Å². The molecule has 0 saturated carbocycles. The quantitative estimate of drug-likeness (QED) is 0.604. The highest BCUT2D eigenvalue weighted by Crippen LogP contribution is 2.22. The zero-order valence-corrected chi connectivity index (χ0v) is 17.5. The summed E-state index contributed by atoms with van der Waals surface area (Å²) in [6.07, 6.45) is 1.85. The van der Waals surface area contributed by atoms with Crippen molar-refractivity contribution in [1.82, 2.24) is 14.8 Å². The van der Waals surface area contributed by atoms with Crippen LogP contribution >= 0.6 is 0 Å². The molecule has 4 rings (SSSR count). The molecule has 0 radical (unpaired) electrons. The van der Waals surface area contributed by atoms with Crippen LogP contribution in [0.2, 0.25) is 0 Å². The van der Waals surface area contributed by atoms with Gasteiger partial charge in [0.1, 0.15) is 17.9 Å². The zero-order chi connectivity index (χ0) is 21.5. The van der Waals surface area contributed by atoms with E-state index in [1.807, 2.05) is 30.5 Å². The fraction of sp³-hybridized carbons (Fsp3) is 0.280. The zero-order valence-electron chi connectivity index (χ0n) is 17.5. The number of para-hydroxylation sites is 1. The van der Waals surface area contributed by atoms with Crippen molar-refractivity contribution < 1.29 is 14.6 Å². The Bertz CT molecular complexity index is 1000. The highest BCUT2D eigenvalue weighted by molar-refractivity contribution is 5.90. The molecule has 0 aliphatic carbocycles. The molecular weight excluding hydrogens is 390 g/mol. The lowest BCUT2D eigenvalue weighted by Gasteiger charge is -2.34. The highest BCUT2D eigenvalue weighted by atomic mass is 16.5. The maximum absolute atomic E-state index is 11.3. The van der Waals surface area contributed by atoms with Crippen LogP contribution in [-0.4, -0.2) is 65.2 Å². The molecule has 6 heteroatoms. The first-order valence-electron chi connectivity index (χ1n) is 10.6. The minimum absolute atomic E-state index is 0.206. The van der Waals surface area contributed by atoms with Gasteiger partial charge >= 0.3 is 5.97 Å². The number of carboxylic acids is 1. The van der Waals surface area contributed by atoms with Crippen LogP contribution in [0, 0.1) is 0 Å². The molecule has 1 N–H and O–H groups in total. The topological polar surface area (TPSA) is 65.9 Å². The third-order valence-corrected chi connectivity index (χ3v) is 5.58. The summed E-state index contributed by atoms with van der Waals surface area (Å²) in [5.74, 6) is -0.534. The van der Waals surface area contributed by atoms with Crippen molar-refractivity contribution >= 4 is 5.97 Å². The van der Waals surface area contributed by atoms with Gasteiger partial charge in [-0.05, 0) is 23.8 Å². The summed E-state index contributed by atoms with van der Waals surface area (Å²) in [6, 6.07) is 21.3. The van der Waals surface area contributed by atoms with Crippen molar-refractivity contribution in [2.24, 2.45) is 0 Å². The summed E-state index contributed by atoms with van der Waals surface area (Å²) in [6.45, 7) is 6.03. The molecule has 2 aromatic carbocycles. The van der Waals surface area contributed by atoms with Crippen molar-refractivity contribution in [1.29, 1.82) is 0 Å². The van der Waals surface area contributed by atoms with Gasteiger partial charge < -0.3 is 9.84 Å². The molecule has 0 bridgehead atoms. The summed E-state index contributed by atoms with van der Waals surface area (Å²) in [5.41, 5.74) is 3.65. The van der Waals surface area contributed by atoms with Crippen molar-refractivity contribution in [3.63, 3.8) is 0 Å². The van der Waals surface area contributed by atoms with Crippen LogP contribution in [0.25, 0.3) is 11.3 Å². The largest absolute Gasteiger partial charge is 0.491 e. The number of pyridine rings is 1. The Morgan fingerprint density at radius 2 is 1.61 bits per heavy atom. The maximum atomic E-state index is 11.3. The van der Waals surface area contributed by atoms with Crippen LogP contribution < -0.4 is 4.74 Å². The number of benzene rings is 2. The van der Waals surface area contributed by atoms with Crippen LogP contribution in [0.3, 0.4) is 0 Å². The third-order valence-electron chi connectivity index (χ3n) is 5.58. The molecule has 0 atom stereocenters. The van der Waals surface area contributed by atoms with Gasteiger partial charge in [-0.1, -0.05) is 48.5 Å². The van der Waals surface area contributed by atoms with Gasteiger partial charge in [-0.2, -0.15) is 0 Å². The van der Waals surface area contributed by atoms with Crippen molar-refractivity contribution in [2.45, 2.75) is 6.54 Å². The van der Waals surface area contributed by atoms with Crippen LogP contribution in [0.5, 0.6) is 5.75 Å². The van der Waals surface area contributed by atoms with Crippen LogP contribution in [0.4, 0.5) is 0 Å². The van der Waals surface area contributed by atoms with Gasteiger partial charge in [0.25, 0.3) is 0 Å². The van der Waals surface area contributed by atoms with E-state index in [1.54, 1.807) is 24.3 Å². The smallest absolute Gasteiger partial charge is 0.339 e. The molecule has 2 heterocycles. The first-order valence-corrected chi connectivity index (χ1v) is 10.6. The molecule has 1 aromatic heterocycles. The first-order chi connectivity index (χ1) is 15.2. The molecule has 0 amide bonds. The summed E-state index contributed by atoms with van der Waals surface area (Å²) in [4.78, 5) is 20.7. The molecule has 1 fully saturated rings. The maximum Gasteiger partial charge on any atom is 0.339 e. The summed E-state index contributed by atoms with van der Waals surface area (Å²) in [5, 5.41) is 9.26. The van der Waals surface area contributed by atoms with Crippen molar-refractivity contribution in [3.05, 3.63) is 84.1 Å². The molecule has 3 aromatic rings. The predicted molar refractivity (Wildman–Crippen MR) is 120 cm³/mol. The van der Waals surface area contributed by atoms with Crippen LogP contribution in [-0.2, 0) is 6.54 Å². The molecule has 160 valence electrons. The number of hydrogen-bond acceptors (Lipinski definition) is 5. The third kappa shape index (κ3) is 5.48. The van der Waals surface area contributed by atoms with E-state index >= 15 is 0 Å². The Morgan fingerprint density at radius 1 is 0.903 bits per heavy atom. The van der Waals surface area contributed by atoms with Crippen molar-refractivity contribution in [2.75, 3.05) is 39.3 Å². The van der Waals surface area contributed by atoms with Gasteiger partial charge in [0.05, 0.1) is 5.69 Å². The number of piperazine rings is 1.